The zero-order chi connectivity index (χ0) is 17.9. The van der Waals surface area contributed by atoms with E-state index >= 15 is 0 Å². The number of nitrogens with zero attached hydrogens (tertiary/aromatic N) is 3. The van der Waals surface area contributed by atoms with Crippen LogP contribution in [0, 0.1) is 0 Å². The molecule has 1 atom stereocenters. The van der Waals surface area contributed by atoms with Crippen LogP contribution in [0.4, 0.5) is 10.5 Å². The van der Waals surface area contributed by atoms with Gasteiger partial charge in [-0.2, -0.15) is 0 Å². The number of rotatable bonds is 4. The Morgan fingerprint density at radius 1 is 1.15 bits per heavy atom. The molecule has 2 aliphatic heterocycles. The second-order valence-corrected chi connectivity index (χ2v) is 7.42. The fraction of sp³-hybridized carbons (Fsp3) is 0.632. The van der Waals surface area contributed by atoms with E-state index in [4.69, 9.17) is 4.74 Å². The summed E-state index contributed by atoms with van der Waals surface area (Å²) < 4.78 is 5.84. The molecule has 0 spiro atoms. The summed E-state index contributed by atoms with van der Waals surface area (Å²) in [6.07, 6.45) is 8.97. The van der Waals surface area contributed by atoms with Crippen molar-refractivity contribution in [2.75, 3.05) is 25.0 Å². The SMILES string of the molecule is O=C(Nc1ccc(OC2CCCC2)nc1)N1CCC(N2CCCC2=O)C1. The standard InChI is InChI=1S/C19H26N4O3/c24-18-6-3-10-23(18)15-9-11-22(13-15)19(25)21-14-7-8-17(20-12-14)26-16-4-1-2-5-16/h7-8,12,15-16H,1-6,9-11,13H2,(H,21,25). The smallest absolute Gasteiger partial charge is 0.321 e. The van der Waals surface area contributed by atoms with Crippen LogP contribution < -0.4 is 10.1 Å². The molecule has 140 valence electrons. The molecular weight excluding hydrogens is 332 g/mol. The largest absolute Gasteiger partial charge is 0.474 e. The maximum atomic E-state index is 12.5. The van der Waals surface area contributed by atoms with Gasteiger partial charge in [0.15, 0.2) is 0 Å². The van der Waals surface area contributed by atoms with Crippen LogP contribution in [0.5, 0.6) is 5.88 Å². The van der Waals surface area contributed by atoms with E-state index in [2.05, 4.69) is 10.3 Å². The van der Waals surface area contributed by atoms with Gasteiger partial charge < -0.3 is 19.9 Å². The van der Waals surface area contributed by atoms with Gasteiger partial charge in [-0.25, -0.2) is 9.78 Å². The highest BCUT2D eigenvalue weighted by Crippen LogP contribution is 2.24. The number of urea groups is 1. The first kappa shape index (κ1) is 17.1. The lowest BCUT2D eigenvalue weighted by atomic mass is 10.2. The summed E-state index contributed by atoms with van der Waals surface area (Å²) in [4.78, 5) is 32.4. The fourth-order valence-corrected chi connectivity index (χ4v) is 4.14. The average Bonchev–Trinajstić information content (AvgIpc) is 3.38. The Morgan fingerprint density at radius 2 is 2.00 bits per heavy atom. The number of hydrogen-bond acceptors (Lipinski definition) is 4. The Bertz CT molecular complexity index is 657. The lowest BCUT2D eigenvalue weighted by molar-refractivity contribution is -0.129. The molecule has 3 amide bonds. The minimum atomic E-state index is -0.134. The van der Waals surface area contributed by atoms with Gasteiger partial charge in [-0.3, -0.25) is 4.79 Å². The van der Waals surface area contributed by atoms with E-state index in [-0.39, 0.29) is 24.1 Å². The molecule has 0 bridgehead atoms. The van der Waals surface area contributed by atoms with Crippen molar-refractivity contribution in [2.24, 2.45) is 0 Å². The van der Waals surface area contributed by atoms with E-state index in [1.54, 1.807) is 11.1 Å². The monoisotopic (exact) mass is 358 g/mol. The molecule has 3 fully saturated rings. The summed E-state index contributed by atoms with van der Waals surface area (Å²) in [5.74, 6) is 0.836. The van der Waals surface area contributed by atoms with Gasteiger partial charge in [-0.05, 0) is 44.6 Å². The molecule has 1 aliphatic carbocycles. The first-order valence-corrected chi connectivity index (χ1v) is 9.67. The van der Waals surface area contributed by atoms with Crippen molar-refractivity contribution in [1.82, 2.24) is 14.8 Å². The van der Waals surface area contributed by atoms with Crippen LogP contribution >= 0.6 is 0 Å². The number of nitrogens with one attached hydrogen (secondary N) is 1. The molecular formula is C19H26N4O3. The minimum Gasteiger partial charge on any atom is -0.474 e. The Labute approximate surface area is 153 Å². The fourth-order valence-electron chi connectivity index (χ4n) is 4.14. The predicted octanol–water partition coefficient (Wildman–Crippen LogP) is 2.63. The van der Waals surface area contributed by atoms with Gasteiger partial charge in [0.2, 0.25) is 11.8 Å². The van der Waals surface area contributed by atoms with E-state index < -0.39 is 0 Å². The number of amides is 3. The number of anilines is 1. The number of hydrogen-bond donors (Lipinski definition) is 1. The van der Waals surface area contributed by atoms with Gasteiger partial charge >= 0.3 is 6.03 Å². The molecule has 4 rings (SSSR count). The van der Waals surface area contributed by atoms with Crippen molar-refractivity contribution in [3.8, 4) is 5.88 Å². The van der Waals surface area contributed by atoms with Crippen LogP contribution in [0.3, 0.4) is 0 Å². The normalized spacial score (nSPS) is 23.7. The Morgan fingerprint density at radius 3 is 2.69 bits per heavy atom. The molecule has 0 radical (unpaired) electrons. The molecule has 0 aromatic carbocycles. The minimum absolute atomic E-state index is 0.134. The van der Waals surface area contributed by atoms with Gasteiger partial charge in [0, 0.05) is 32.1 Å². The molecule has 1 unspecified atom stereocenters. The van der Waals surface area contributed by atoms with Gasteiger partial charge in [0.05, 0.1) is 17.9 Å². The summed E-state index contributed by atoms with van der Waals surface area (Å²) >= 11 is 0. The molecule has 1 saturated carbocycles. The molecule has 1 aromatic heterocycles. The molecule has 2 saturated heterocycles. The van der Waals surface area contributed by atoms with Gasteiger partial charge in [-0.1, -0.05) is 0 Å². The number of likely N-dealkylation sites (tertiary alicyclic amines) is 2. The Hall–Kier alpha value is -2.31. The topological polar surface area (TPSA) is 74.8 Å². The molecule has 3 aliphatic rings. The third-order valence-corrected chi connectivity index (χ3v) is 5.58. The molecule has 7 heteroatoms. The van der Waals surface area contributed by atoms with E-state index in [1.807, 2.05) is 17.0 Å². The van der Waals surface area contributed by atoms with Crippen LogP contribution in [0.15, 0.2) is 18.3 Å². The molecule has 26 heavy (non-hydrogen) atoms. The van der Waals surface area contributed by atoms with E-state index in [0.29, 0.717) is 31.1 Å². The van der Waals surface area contributed by atoms with E-state index in [9.17, 15) is 9.59 Å². The number of aromatic nitrogens is 1. The van der Waals surface area contributed by atoms with Crippen molar-refractivity contribution >= 4 is 17.6 Å². The third-order valence-electron chi connectivity index (χ3n) is 5.58. The van der Waals surface area contributed by atoms with Gasteiger partial charge in [0.1, 0.15) is 6.10 Å². The summed E-state index contributed by atoms with van der Waals surface area (Å²) in [5.41, 5.74) is 0.662. The van der Waals surface area contributed by atoms with Crippen LogP contribution in [0.2, 0.25) is 0 Å². The number of carbonyl (C=O) groups excluding carboxylic acids is 2. The molecule has 7 nitrogen and oxygen atoms in total. The second kappa shape index (κ2) is 7.51. The summed E-state index contributed by atoms with van der Waals surface area (Å²) in [6.45, 7) is 2.11. The highest BCUT2D eigenvalue weighted by molar-refractivity contribution is 5.89. The van der Waals surface area contributed by atoms with Crippen molar-refractivity contribution < 1.29 is 14.3 Å². The van der Waals surface area contributed by atoms with E-state index in [0.717, 1.165) is 32.2 Å². The zero-order valence-electron chi connectivity index (χ0n) is 15.0. The highest BCUT2D eigenvalue weighted by atomic mass is 16.5. The third kappa shape index (κ3) is 3.76. The highest BCUT2D eigenvalue weighted by Gasteiger charge is 2.34. The van der Waals surface area contributed by atoms with Gasteiger partial charge in [-0.15, -0.1) is 0 Å². The summed E-state index contributed by atoms with van der Waals surface area (Å²) in [5, 5.41) is 2.89. The van der Waals surface area contributed by atoms with Crippen molar-refractivity contribution in [3.05, 3.63) is 18.3 Å². The lowest BCUT2D eigenvalue weighted by Crippen LogP contribution is -2.40. The van der Waals surface area contributed by atoms with Crippen LogP contribution in [-0.4, -0.2) is 58.5 Å². The van der Waals surface area contributed by atoms with Crippen LogP contribution in [0.25, 0.3) is 0 Å². The lowest BCUT2D eigenvalue weighted by Gasteiger charge is -2.24. The molecule has 3 heterocycles. The molecule has 1 N–H and O–H groups in total. The quantitative estimate of drug-likeness (QED) is 0.898. The number of pyridine rings is 1. The maximum absolute atomic E-state index is 12.5. The number of carbonyl (C=O) groups is 2. The second-order valence-electron chi connectivity index (χ2n) is 7.42. The number of ether oxygens (including phenoxy) is 1. The van der Waals surface area contributed by atoms with Crippen LogP contribution in [-0.2, 0) is 4.79 Å². The van der Waals surface area contributed by atoms with Gasteiger partial charge in [0.25, 0.3) is 0 Å². The Balaban J connectivity index is 1.28. The average molecular weight is 358 g/mol. The molecule has 1 aromatic rings. The zero-order valence-corrected chi connectivity index (χ0v) is 15.0. The van der Waals surface area contributed by atoms with Crippen molar-refractivity contribution in [1.29, 1.82) is 0 Å². The first-order valence-electron chi connectivity index (χ1n) is 9.67. The maximum Gasteiger partial charge on any atom is 0.321 e. The predicted molar refractivity (Wildman–Crippen MR) is 97.1 cm³/mol. The van der Waals surface area contributed by atoms with Crippen LogP contribution in [0.1, 0.15) is 44.9 Å². The Kier molecular flexibility index (Phi) is 4.95. The van der Waals surface area contributed by atoms with E-state index in [1.165, 1.54) is 12.8 Å². The van der Waals surface area contributed by atoms with Crippen molar-refractivity contribution in [3.63, 3.8) is 0 Å². The summed E-state index contributed by atoms with van der Waals surface area (Å²) in [7, 11) is 0. The summed E-state index contributed by atoms with van der Waals surface area (Å²) in [6, 6.07) is 3.66. The first-order chi connectivity index (χ1) is 12.7. The van der Waals surface area contributed by atoms with Crippen molar-refractivity contribution in [2.45, 2.75) is 57.1 Å².